The third-order valence-corrected chi connectivity index (χ3v) is 3.23. The second kappa shape index (κ2) is 3.99. The highest BCUT2D eigenvalue weighted by Gasteiger charge is 2.15. The maximum atomic E-state index is 4.07. The zero-order valence-electron chi connectivity index (χ0n) is 8.31. The molecule has 0 aromatic heterocycles. The Hall–Kier alpha value is -0.720. The molecule has 2 saturated carbocycles. The highest BCUT2D eigenvalue weighted by atomic mass is 14.9. The van der Waals surface area contributed by atoms with Gasteiger partial charge in [0, 0.05) is 12.2 Å². The van der Waals surface area contributed by atoms with Crippen LogP contribution < -0.4 is 5.32 Å². The van der Waals surface area contributed by atoms with Crippen molar-refractivity contribution in [2.75, 3.05) is 0 Å². The largest absolute Gasteiger partial charge is 0.388 e. The molecule has 2 fully saturated rings. The van der Waals surface area contributed by atoms with E-state index < -0.39 is 0 Å². The van der Waals surface area contributed by atoms with Crippen LogP contribution in [0.25, 0.3) is 0 Å². The average molecular weight is 177 g/mol. The predicted octanol–water partition coefficient (Wildman–Crippen LogP) is 3.14. The van der Waals surface area contributed by atoms with Crippen molar-refractivity contribution < 1.29 is 0 Å². The van der Waals surface area contributed by atoms with Crippen molar-refractivity contribution in [3.8, 4) is 0 Å². The number of hydrogen-bond donors (Lipinski definition) is 1. The molecule has 1 nitrogen and oxygen atoms in total. The van der Waals surface area contributed by atoms with Gasteiger partial charge >= 0.3 is 0 Å². The lowest BCUT2D eigenvalue weighted by Crippen LogP contribution is -2.20. The van der Waals surface area contributed by atoms with Crippen molar-refractivity contribution in [1.82, 2.24) is 5.32 Å². The fourth-order valence-electron chi connectivity index (χ4n) is 2.31. The summed E-state index contributed by atoms with van der Waals surface area (Å²) in [6.45, 7) is 4.07. The van der Waals surface area contributed by atoms with E-state index in [0.717, 1.165) is 6.04 Å². The van der Waals surface area contributed by atoms with E-state index in [2.05, 4.69) is 18.1 Å². The second-order valence-corrected chi connectivity index (χ2v) is 4.27. The van der Waals surface area contributed by atoms with Crippen LogP contribution >= 0.6 is 0 Å². The van der Waals surface area contributed by atoms with E-state index in [9.17, 15) is 0 Å². The van der Waals surface area contributed by atoms with Crippen LogP contribution in [0.5, 0.6) is 0 Å². The summed E-state index contributed by atoms with van der Waals surface area (Å²) in [5, 5.41) is 3.53. The third kappa shape index (κ3) is 2.15. The van der Waals surface area contributed by atoms with E-state index in [1.54, 1.807) is 0 Å². The molecule has 0 radical (unpaired) electrons. The van der Waals surface area contributed by atoms with Gasteiger partial charge in [0.05, 0.1) is 0 Å². The Labute approximate surface area is 80.9 Å². The Kier molecular flexibility index (Phi) is 2.72. The van der Waals surface area contributed by atoms with Crippen LogP contribution in [0.3, 0.4) is 0 Å². The Bertz CT molecular complexity index is 221. The first kappa shape index (κ1) is 8.86. The summed E-state index contributed by atoms with van der Waals surface area (Å²) in [6.07, 6.45) is 11.5. The molecule has 0 unspecified atom stereocenters. The third-order valence-electron chi connectivity index (χ3n) is 3.23. The van der Waals surface area contributed by atoms with Crippen LogP contribution in [-0.2, 0) is 0 Å². The van der Waals surface area contributed by atoms with Crippen molar-refractivity contribution in [2.45, 2.75) is 51.0 Å². The minimum Gasteiger partial charge on any atom is -0.388 e. The van der Waals surface area contributed by atoms with Crippen LogP contribution in [0.1, 0.15) is 44.9 Å². The summed E-state index contributed by atoms with van der Waals surface area (Å²) in [5.41, 5.74) is 2.82. The normalized spacial score (nSPS) is 27.4. The van der Waals surface area contributed by atoms with Gasteiger partial charge in [-0.3, -0.25) is 0 Å². The van der Waals surface area contributed by atoms with E-state index in [1.165, 1.54) is 56.1 Å². The van der Waals surface area contributed by atoms with E-state index in [4.69, 9.17) is 0 Å². The number of allylic oxidation sites excluding steroid dienone is 2. The van der Waals surface area contributed by atoms with E-state index >= 15 is 0 Å². The lowest BCUT2D eigenvalue weighted by Gasteiger charge is -2.10. The van der Waals surface area contributed by atoms with Crippen LogP contribution in [0.4, 0.5) is 0 Å². The summed E-state index contributed by atoms with van der Waals surface area (Å²) in [5.74, 6) is 0. The molecule has 72 valence electrons. The van der Waals surface area contributed by atoms with Crippen molar-refractivity contribution in [2.24, 2.45) is 0 Å². The van der Waals surface area contributed by atoms with Gasteiger partial charge in [-0.2, -0.15) is 0 Å². The average Bonchev–Trinajstić information content (AvgIpc) is 2.72. The second-order valence-electron chi connectivity index (χ2n) is 4.27. The first-order valence-electron chi connectivity index (χ1n) is 5.49. The van der Waals surface area contributed by atoms with Gasteiger partial charge in [0.2, 0.25) is 0 Å². The number of nitrogens with one attached hydrogen (secondary N) is 1. The van der Waals surface area contributed by atoms with E-state index in [0.29, 0.717) is 0 Å². The first-order valence-corrected chi connectivity index (χ1v) is 5.49. The van der Waals surface area contributed by atoms with Gasteiger partial charge in [0.25, 0.3) is 0 Å². The molecule has 0 aromatic rings. The fourth-order valence-corrected chi connectivity index (χ4v) is 2.31. The van der Waals surface area contributed by atoms with Crippen molar-refractivity contribution in [3.05, 3.63) is 23.9 Å². The Morgan fingerprint density at radius 1 is 1.15 bits per heavy atom. The summed E-state index contributed by atoms with van der Waals surface area (Å²) in [7, 11) is 0. The molecule has 1 heteroatoms. The SMILES string of the molecule is C=C1CCCC1=CNC1CCCC1. The monoisotopic (exact) mass is 177 g/mol. The predicted molar refractivity (Wildman–Crippen MR) is 56.5 cm³/mol. The van der Waals surface area contributed by atoms with Crippen molar-refractivity contribution in [3.63, 3.8) is 0 Å². The zero-order valence-corrected chi connectivity index (χ0v) is 8.31. The van der Waals surface area contributed by atoms with Crippen LogP contribution in [-0.4, -0.2) is 6.04 Å². The maximum Gasteiger partial charge on any atom is 0.0255 e. The minimum atomic E-state index is 0.751. The smallest absolute Gasteiger partial charge is 0.0255 e. The van der Waals surface area contributed by atoms with Crippen molar-refractivity contribution in [1.29, 1.82) is 0 Å². The number of rotatable bonds is 2. The van der Waals surface area contributed by atoms with Gasteiger partial charge in [0.15, 0.2) is 0 Å². The molecule has 2 rings (SSSR count). The summed E-state index contributed by atoms with van der Waals surface area (Å²) in [6, 6.07) is 0.751. The molecular weight excluding hydrogens is 158 g/mol. The number of hydrogen-bond acceptors (Lipinski definition) is 1. The Morgan fingerprint density at radius 3 is 2.54 bits per heavy atom. The van der Waals surface area contributed by atoms with Crippen LogP contribution in [0, 0.1) is 0 Å². The molecule has 1 N–H and O–H groups in total. The van der Waals surface area contributed by atoms with Gasteiger partial charge in [0.1, 0.15) is 0 Å². The Balaban J connectivity index is 1.85. The van der Waals surface area contributed by atoms with Crippen molar-refractivity contribution >= 4 is 0 Å². The zero-order chi connectivity index (χ0) is 9.10. The lowest BCUT2D eigenvalue weighted by molar-refractivity contribution is 0.605. The van der Waals surface area contributed by atoms with E-state index in [-0.39, 0.29) is 0 Å². The van der Waals surface area contributed by atoms with Gasteiger partial charge in [-0.1, -0.05) is 25.0 Å². The highest BCUT2D eigenvalue weighted by Crippen LogP contribution is 2.28. The minimum absolute atomic E-state index is 0.751. The van der Waals surface area contributed by atoms with Gasteiger partial charge < -0.3 is 5.32 Å². The maximum absolute atomic E-state index is 4.07. The molecule has 2 aliphatic carbocycles. The summed E-state index contributed by atoms with van der Waals surface area (Å²) >= 11 is 0. The lowest BCUT2D eigenvalue weighted by atomic mass is 10.2. The molecule has 0 saturated heterocycles. The molecule has 2 aliphatic rings. The molecule has 13 heavy (non-hydrogen) atoms. The molecule has 0 amide bonds. The molecule has 0 heterocycles. The van der Waals surface area contributed by atoms with Gasteiger partial charge in [-0.15, -0.1) is 0 Å². The summed E-state index contributed by atoms with van der Waals surface area (Å²) in [4.78, 5) is 0. The molecule has 0 bridgehead atoms. The molecule has 0 aliphatic heterocycles. The topological polar surface area (TPSA) is 12.0 Å². The first-order chi connectivity index (χ1) is 6.36. The van der Waals surface area contributed by atoms with Gasteiger partial charge in [-0.25, -0.2) is 0 Å². The van der Waals surface area contributed by atoms with Crippen LogP contribution in [0.2, 0.25) is 0 Å². The summed E-state index contributed by atoms with van der Waals surface area (Å²) < 4.78 is 0. The molecule has 0 atom stereocenters. The van der Waals surface area contributed by atoms with Crippen LogP contribution in [0.15, 0.2) is 23.9 Å². The van der Waals surface area contributed by atoms with E-state index in [1.807, 2.05) is 0 Å². The molecule has 0 spiro atoms. The molecule has 0 aromatic carbocycles. The standard InChI is InChI=1S/C12H19N/c1-10-5-4-6-11(10)9-13-12-7-2-3-8-12/h9,12-13H,1-8H2. The fraction of sp³-hybridized carbons (Fsp3) is 0.667. The molecular formula is C12H19N. The van der Waals surface area contributed by atoms with Gasteiger partial charge in [-0.05, 0) is 37.7 Å². The Morgan fingerprint density at radius 2 is 1.92 bits per heavy atom. The highest BCUT2D eigenvalue weighted by molar-refractivity contribution is 5.31. The quantitative estimate of drug-likeness (QED) is 0.683.